The normalized spacial score (nSPS) is 11.0. The Labute approximate surface area is 199 Å². The lowest BCUT2D eigenvalue weighted by Crippen LogP contribution is -2.27. The average molecular weight is 519 g/mol. The van der Waals surface area contributed by atoms with Gasteiger partial charge in [0.1, 0.15) is 28.5 Å². The van der Waals surface area contributed by atoms with Gasteiger partial charge in [0.05, 0.1) is 0 Å². The Morgan fingerprint density at radius 3 is 2.55 bits per heavy atom. The first-order valence-corrected chi connectivity index (χ1v) is 11.3. The first-order valence-electron chi connectivity index (χ1n) is 10.5. The van der Waals surface area contributed by atoms with Crippen molar-refractivity contribution in [1.29, 1.82) is 0 Å². The molecular formula is C25H25BrF2N2O3. The molecule has 2 N–H and O–H groups in total. The summed E-state index contributed by atoms with van der Waals surface area (Å²) in [6.45, 7) is 7.95. The Bertz CT molecular complexity index is 1260. The van der Waals surface area contributed by atoms with Crippen LogP contribution in [0.15, 0.2) is 45.7 Å². The molecule has 1 aromatic heterocycles. The number of H-pyrrole nitrogens is 1. The molecule has 0 atom stereocenters. The van der Waals surface area contributed by atoms with Crippen molar-refractivity contribution < 1.29 is 18.3 Å². The van der Waals surface area contributed by atoms with Crippen molar-refractivity contribution in [3.05, 3.63) is 85.2 Å². The zero-order valence-corrected chi connectivity index (χ0v) is 20.4. The molecule has 0 bridgehead atoms. The number of nitrogens with one attached hydrogen (secondary N) is 2. The summed E-state index contributed by atoms with van der Waals surface area (Å²) in [6.07, 6.45) is 0. The molecule has 1 heterocycles. The third-order valence-corrected chi connectivity index (χ3v) is 5.85. The van der Waals surface area contributed by atoms with E-state index in [2.05, 4.69) is 26.2 Å². The van der Waals surface area contributed by atoms with Gasteiger partial charge in [-0.1, -0.05) is 19.9 Å². The summed E-state index contributed by atoms with van der Waals surface area (Å²) in [6, 6.07) is 8.51. The lowest BCUT2D eigenvalue weighted by molar-refractivity contribution is 0.0949. The van der Waals surface area contributed by atoms with Gasteiger partial charge >= 0.3 is 0 Å². The van der Waals surface area contributed by atoms with E-state index >= 15 is 0 Å². The molecule has 0 saturated heterocycles. The van der Waals surface area contributed by atoms with E-state index in [9.17, 15) is 18.4 Å². The van der Waals surface area contributed by atoms with Gasteiger partial charge in [-0.2, -0.15) is 0 Å². The van der Waals surface area contributed by atoms with Gasteiger partial charge in [-0.3, -0.25) is 9.59 Å². The molecule has 3 rings (SSSR count). The van der Waals surface area contributed by atoms with E-state index in [0.717, 1.165) is 17.7 Å². The molecule has 3 aromatic rings. The van der Waals surface area contributed by atoms with Gasteiger partial charge < -0.3 is 15.0 Å². The number of hydrogen-bond acceptors (Lipinski definition) is 3. The quantitative estimate of drug-likeness (QED) is 0.423. The van der Waals surface area contributed by atoms with Crippen molar-refractivity contribution in [1.82, 2.24) is 10.3 Å². The highest BCUT2D eigenvalue weighted by Gasteiger charge is 2.21. The Hall–Kier alpha value is -3.00. The summed E-state index contributed by atoms with van der Waals surface area (Å²) >= 11 is 3.28. The Morgan fingerprint density at radius 1 is 1.15 bits per heavy atom. The summed E-state index contributed by atoms with van der Waals surface area (Å²) in [5, 5.41) is 2.89. The van der Waals surface area contributed by atoms with Crippen LogP contribution in [0.25, 0.3) is 11.1 Å². The maximum Gasteiger partial charge on any atom is 0.266 e. The largest absolute Gasteiger partial charge is 0.487 e. The number of aromatic amines is 1. The predicted octanol–water partition coefficient (Wildman–Crippen LogP) is 5.66. The number of aromatic nitrogens is 1. The highest BCUT2D eigenvalue weighted by molar-refractivity contribution is 9.10. The highest BCUT2D eigenvalue weighted by atomic mass is 79.9. The standard InChI is InChI=1S/C25H25BrF2N2O3/c1-13(2)11-29-24(31)16-6-5-14(3)19(9-16)21-15(4)30-25(32)22(26)23(21)33-12-17-7-8-18(27)10-20(17)28/h5-10,13H,11-12H2,1-4H3,(H,29,31)(H,30,32). The van der Waals surface area contributed by atoms with Crippen LogP contribution in [0.4, 0.5) is 8.78 Å². The Morgan fingerprint density at radius 2 is 1.88 bits per heavy atom. The molecule has 2 aromatic carbocycles. The van der Waals surface area contributed by atoms with Crippen LogP contribution in [0.3, 0.4) is 0 Å². The molecule has 174 valence electrons. The number of benzene rings is 2. The number of aryl methyl sites for hydroxylation is 2. The number of rotatable bonds is 7. The third-order valence-electron chi connectivity index (χ3n) is 5.13. The van der Waals surface area contributed by atoms with E-state index in [1.54, 1.807) is 19.1 Å². The van der Waals surface area contributed by atoms with Gasteiger partial charge in [0.25, 0.3) is 11.5 Å². The van der Waals surface area contributed by atoms with Crippen LogP contribution in [0, 0.1) is 31.4 Å². The summed E-state index contributed by atoms with van der Waals surface area (Å²) in [5.41, 5.74) is 2.85. The van der Waals surface area contributed by atoms with Crippen LogP contribution in [-0.2, 0) is 6.61 Å². The number of hydrogen-bond donors (Lipinski definition) is 2. The topological polar surface area (TPSA) is 71.2 Å². The van der Waals surface area contributed by atoms with E-state index < -0.39 is 17.2 Å². The van der Waals surface area contributed by atoms with Crippen LogP contribution in [0.1, 0.15) is 41.0 Å². The fourth-order valence-electron chi connectivity index (χ4n) is 3.35. The van der Waals surface area contributed by atoms with Crippen LogP contribution in [0.2, 0.25) is 0 Å². The highest BCUT2D eigenvalue weighted by Crippen LogP contribution is 2.38. The van der Waals surface area contributed by atoms with Crippen molar-refractivity contribution in [3.8, 4) is 16.9 Å². The zero-order chi connectivity index (χ0) is 24.3. The van der Waals surface area contributed by atoms with Gasteiger partial charge in [0.15, 0.2) is 0 Å². The van der Waals surface area contributed by atoms with E-state index in [1.165, 1.54) is 6.07 Å². The first kappa shape index (κ1) is 24.6. The molecule has 0 unspecified atom stereocenters. The lowest BCUT2D eigenvalue weighted by Gasteiger charge is -2.18. The van der Waals surface area contributed by atoms with Crippen molar-refractivity contribution in [2.45, 2.75) is 34.3 Å². The predicted molar refractivity (Wildman–Crippen MR) is 128 cm³/mol. The SMILES string of the molecule is Cc1ccc(C(=O)NCC(C)C)cc1-c1c(C)[nH]c(=O)c(Br)c1OCc1ccc(F)cc1F. The van der Waals surface area contributed by atoms with Gasteiger partial charge in [0, 0.05) is 35.0 Å². The summed E-state index contributed by atoms with van der Waals surface area (Å²) in [7, 11) is 0. The van der Waals surface area contributed by atoms with Crippen molar-refractivity contribution in [2.75, 3.05) is 6.54 Å². The van der Waals surface area contributed by atoms with Gasteiger partial charge in [-0.05, 0) is 71.1 Å². The monoisotopic (exact) mass is 518 g/mol. The lowest BCUT2D eigenvalue weighted by atomic mass is 9.96. The zero-order valence-electron chi connectivity index (χ0n) is 18.8. The molecule has 33 heavy (non-hydrogen) atoms. The van der Waals surface area contributed by atoms with Crippen LogP contribution in [-0.4, -0.2) is 17.4 Å². The molecule has 5 nitrogen and oxygen atoms in total. The van der Waals surface area contributed by atoms with Crippen LogP contribution < -0.4 is 15.6 Å². The first-order chi connectivity index (χ1) is 15.6. The molecule has 0 saturated carbocycles. The summed E-state index contributed by atoms with van der Waals surface area (Å²) < 4.78 is 33.4. The number of pyridine rings is 1. The molecule has 0 aliphatic heterocycles. The molecule has 0 fully saturated rings. The maximum absolute atomic E-state index is 14.1. The van der Waals surface area contributed by atoms with Crippen LogP contribution in [0.5, 0.6) is 5.75 Å². The molecule has 0 spiro atoms. The van der Waals surface area contributed by atoms with E-state index in [4.69, 9.17) is 4.74 Å². The Balaban J connectivity index is 2.06. The summed E-state index contributed by atoms with van der Waals surface area (Å²) in [4.78, 5) is 27.8. The Kier molecular flexibility index (Phi) is 7.68. The average Bonchev–Trinajstić information content (AvgIpc) is 2.75. The van der Waals surface area contributed by atoms with Crippen molar-refractivity contribution in [3.63, 3.8) is 0 Å². The van der Waals surface area contributed by atoms with Gasteiger partial charge in [-0.25, -0.2) is 8.78 Å². The number of amides is 1. The second-order valence-electron chi connectivity index (χ2n) is 8.26. The summed E-state index contributed by atoms with van der Waals surface area (Å²) in [5.74, 6) is -1.12. The second-order valence-corrected chi connectivity index (χ2v) is 9.05. The van der Waals surface area contributed by atoms with Crippen LogP contribution >= 0.6 is 15.9 Å². The molecule has 0 aliphatic carbocycles. The minimum atomic E-state index is -0.741. The van der Waals surface area contributed by atoms with Crippen molar-refractivity contribution in [2.24, 2.45) is 5.92 Å². The van der Waals surface area contributed by atoms with E-state index in [1.807, 2.05) is 26.8 Å². The van der Waals surface area contributed by atoms with Crippen molar-refractivity contribution >= 4 is 21.8 Å². The fraction of sp³-hybridized carbons (Fsp3) is 0.280. The smallest absolute Gasteiger partial charge is 0.266 e. The van der Waals surface area contributed by atoms with E-state index in [-0.39, 0.29) is 28.3 Å². The minimum absolute atomic E-state index is 0.139. The molecule has 1 amide bonds. The minimum Gasteiger partial charge on any atom is -0.487 e. The number of halogens is 3. The second kappa shape index (κ2) is 10.3. The molecule has 0 aliphatic rings. The van der Waals surface area contributed by atoms with Gasteiger partial charge in [-0.15, -0.1) is 0 Å². The molecule has 0 radical (unpaired) electrons. The molecule has 8 heteroatoms. The van der Waals surface area contributed by atoms with E-state index in [0.29, 0.717) is 34.8 Å². The van der Waals surface area contributed by atoms with Gasteiger partial charge in [0.2, 0.25) is 0 Å². The molecular weight excluding hydrogens is 494 g/mol. The maximum atomic E-state index is 14.1. The number of ether oxygens (including phenoxy) is 1. The fourth-order valence-corrected chi connectivity index (χ4v) is 3.76. The number of carbonyl (C=O) groups is 1. The number of carbonyl (C=O) groups excluding carboxylic acids is 1. The third kappa shape index (κ3) is 5.68.